The van der Waals surface area contributed by atoms with Crippen LogP contribution in [0.25, 0.3) is 11.1 Å². The summed E-state index contributed by atoms with van der Waals surface area (Å²) in [5.74, 6) is 0.196. The Bertz CT molecular complexity index is 665. The van der Waals surface area contributed by atoms with E-state index in [0.29, 0.717) is 0 Å². The van der Waals surface area contributed by atoms with Crippen LogP contribution in [-0.2, 0) is 6.42 Å². The van der Waals surface area contributed by atoms with E-state index in [1.54, 1.807) is 19.2 Å². The molecule has 4 heteroatoms. The largest absolute Gasteiger partial charge is 0.507 e. The molecule has 0 aliphatic heterocycles. The second-order valence-corrected chi connectivity index (χ2v) is 4.94. The molecule has 0 saturated carbocycles. The average molecular weight is 305 g/mol. The van der Waals surface area contributed by atoms with Gasteiger partial charge >= 0.3 is 0 Å². The predicted octanol–water partition coefficient (Wildman–Crippen LogP) is 4.05. The number of ketones is 1. The number of ether oxygens (including phenoxy) is 1. The van der Waals surface area contributed by atoms with Crippen LogP contribution in [0.2, 0.25) is 0 Å². The van der Waals surface area contributed by atoms with Crippen molar-refractivity contribution in [3.63, 3.8) is 0 Å². The molecule has 0 aliphatic rings. The van der Waals surface area contributed by atoms with Crippen molar-refractivity contribution >= 4 is 17.4 Å². The Hall–Kier alpha value is -2.00. The molecule has 0 amide bonds. The van der Waals surface area contributed by atoms with Gasteiger partial charge in [-0.2, -0.15) is 0 Å². The number of methoxy groups -OCH3 is 1. The van der Waals surface area contributed by atoms with Crippen molar-refractivity contribution < 1.29 is 14.6 Å². The highest BCUT2D eigenvalue weighted by atomic mass is 35.5. The number of hydrogen-bond donors (Lipinski definition) is 1. The predicted molar refractivity (Wildman–Crippen MR) is 84.5 cm³/mol. The first kappa shape index (κ1) is 15.4. The lowest BCUT2D eigenvalue weighted by atomic mass is 9.97. The van der Waals surface area contributed by atoms with E-state index in [1.165, 1.54) is 11.6 Å². The van der Waals surface area contributed by atoms with E-state index in [0.717, 1.165) is 23.3 Å². The van der Waals surface area contributed by atoms with E-state index in [1.807, 2.05) is 18.2 Å². The van der Waals surface area contributed by atoms with Gasteiger partial charge in [0, 0.05) is 5.56 Å². The Kier molecular flexibility index (Phi) is 4.86. The minimum absolute atomic E-state index is 0.0602. The zero-order valence-corrected chi connectivity index (χ0v) is 12.8. The molecule has 0 aliphatic carbocycles. The number of carbonyl (C=O) groups excluding carboxylic acids is 1. The number of phenolic OH excluding ortho intramolecular Hbond substituents is 1. The summed E-state index contributed by atoms with van der Waals surface area (Å²) < 4.78 is 5.38. The zero-order valence-electron chi connectivity index (χ0n) is 12.0. The Morgan fingerprint density at radius 3 is 2.62 bits per heavy atom. The maximum absolute atomic E-state index is 11.8. The van der Waals surface area contributed by atoms with Crippen molar-refractivity contribution in [3.05, 3.63) is 47.5 Å². The van der Waals surface area contributed by atoms with Gasteiger partial charge in [-0.1, -0.05) is 19.1 Å². The molecule has 0 atom stereocenters. The quantitative estimate of drug-likeness (QED) is 0.669. The summed E-state index contributed by atoms with van der Waals surface area (Å²) in [6.07, 6.45) is 0.905. The first-order valence-corrected chi connectivity index (χ1v) is 7.23. The van der Waals surface area contributed by atoms with Crippen LogP contribution < -0.4 is 4.74 Å². The van der Waals surface area contributed by atoms with E-state index in [9.17, 15) is 9.90 Å². The molecule has 0 spiro atoms. The van der Waals surface area contributed by atoms with Crippen LogP contribution in [0.15, 0.2) is 36.4 Å². The van der Waals surface area contributed by atoms with Gasteiger partial charge in [0.15, 0.2) is 5.78 Å². The van der Waals surface area contributed by atoms with Crippen LogP contribution in [0.4, 0.5) is 0 Å². The molecule has 0 bridgehead atoms. The number of Topliss-reactive ketones (excluding diaryl/α,β-unsaturated/α-hetero) is 1. The van der Waals surface area contributed by atoms with Crippen molar-refractivity contribution in [2.24, 2.45) is 0 Å². The summed E-state index contributed by atoms with van der Waals surface area (Å²) in [7, 11) is 1.61. The maximum atomic E-state index is 11.8. The number of phenols is 1. The van der Waals surface area contributed by atoms with Gasteiger partial charge in [-0.05, 0) is 41.8 Å². The summed E-state index contributed by atoms with van der Waals surface area (Å²) in [6, 6.07) is 10.9. The number of benzene rings is 2. The van der Waals surface area contributed by atoms with Gasteiger partial charge < -0.3 is 9.84 Å². The molecule has 3 nitrogen and oxygen atoms in total. The fraction of sp³-hybridized carbons (Fsp3) is 0.235. The van der Waals surface area contributed by atoms with Crippen molar-refractivity contribution in [3.8, 4) is 22.6 Å². The van der Waals surface area contributed by atoms with Crippen molar-refractivity contribution in [1.29, 1.82) is 0 Å². The minimum atomic E-state index is -0.304. The average Bonchev–Trinajstić information content (AvgIpc) is 2.54. The van der Waals surface area contributed by atoms with Gasteiger partial charge in [0.05, 0.1) is 18.6 Å². The number of hydrogen-bond acceptors (Lipinski definition) is 3. The third-order valence-corrected chi connectivity index (χ3v) is 3.64. The van der Waals surface area contributed by atoms with E-state index in [-0.39, 0.29) is 23.0 Å². The molecule has 2 aromatic rings. The molecule has 0 radical (unpaired) electrons. The number of rotatable bonds is 5. The molecule has 0 aromatic heterocycles. The Balaban J connectivity index is 2.58. The van der Waals surface area contributed by atoms with Gasteiger partial charge in [0.1, 0.15) is 11.5 Å². The third kappa shape index (κ3) is 3.19. The van der Waals surface area contributed by atoms with Gasteiger partial charge in [-0.15, -0.1) is 11.6 Å². The number of aryl methyl sites for hydroxylation is 1. The first-order chi connectivity index (χ1) is 10.1. The molecule has 2 rings (SSSR count). The van der Waals surface area contributed by atoms with Crippen molar-refractivity contribution in [1.82, 2.24) is 0 Å². The van der Waals surface area contributed by atoms with E-state index < -0.39 is 0 Å². The Morgan fingerprint density at radius 1 is 1.24 bits per heavy atom. The molecule has 0 saturated heterocycles. The molecule has 21 heavy (non-hydrogen) atoms. The number of halogens is 1. The van der Waals surface area contributed by atoms with E-state index in [2.05, 4.69) is 6.92 Å². The second kappa shape index (κ2) is 6.64. The minimum Gasteiger partial charge on any atom is -0.507 e. The lowest BCUT2D eigenvalue weighted by Gasteiger charge is -2.12. The van der Waals surface area contributed by atoms with Crippen LogP contribution in [0, 0.1) is 0 Å². The molecular formula is C17H17ClO3. The van der Waals surface area contributed by atoms with E-state index in [4.69, 9.17) is 16.3 Å². The highest BCUT2D eigenvalue weighted by Gasteiger charge is 2.14. The first-order valence-electron chi connectivity index (χ1n) is 6.70. The van der Waals surface area contributed by atoms with Gasteiger partial charge in [-0.25, -0.2) is 0 Å². The van der Waals surface area contributed by atoms with Gasteiger partial charge in [0.25, 0.3) is 0 Å². The lowest BCUT2D eigenvalue weighted by Crippen LogP contribution is -2.01. The summed E-state index contributed by atoms with van der Waals surface area (Å²) >= 11 is 5.58. The van der Waals surface area contributed by atoms with Gasteiger partial charge in [-0.3, -0.25) is 4.79 Å². The SMILES string of the molecule is CCc1ccc(OC)c(-c2ccc(O)c(C(=O)CCl)c2)c1. The molecule has 0 unspecified atom stereocenters. The van der Waals surface area contributed by atoms with E-state index >= 15 is 0 Å². The molecule has 0 heterocycles. The fourth-order valence-electron chi connectivity index (χ4n) is 2.20. The summed E-state index contributed by atoms with van der Waals surface area (Å²) in [5, 5.41) is 9.80. The summed E-state index contributed by atoms with van der Waals surface area (Å²) in [4.78, 5) is 11.8. The normalized spacial score (nSPS) is 10.4. The number of carbonyl (C=O) groups is 1. The number of alkyl halides is 1. The smallest absolute Gasteiger partial charge is 0.181 e. The third-order valence-electron chi connectivity index (χ3n) is 3.40. The number of aromatic hydroxyl groups is 1. The van der Waals surface area contributed by atoms with Crippen LogP contribution in [-0.4, -0.2) is 23.9 Å². The highest BCUT2D eigenvalue weighted by molar-refractivity contribution is 6.30. The van der Waals surface area contributed by atoms with Crippen LogP contribution in [0.1, 0.15) is 22.8 Å². The van der Waals surface area contributed by atoms with Crippen LogP contribution >= 0.6 is 11.6 Å². The fourth-order valence-corrected chi connectivity index (χ4v) is 2.34. The summed E-state index contributed by atoms with van der Waals surface area (Å²) in [6.45, 7) is 2.07. The van der Waals surface area contributed by atoms with Crippen LogP contribution in [0.3, 0.4) is 0 Å². The highest BCUT2D eigenvalue weighted by Crippen LogP contribution is 2.33. The topological polar surface area (TPSA) is 46.5 Å². The summed E-state index contributed by atoms with van der Waals surface area (Å²) in [5.41, 5.74) is 3.10. The molecule has 2 aromatic carbocycles. The van der Waals surface area contributed by atoms with Crippen LogP contribution in [0.5, 0.6) is 11.5 Å². The zero-order chi connectivity index (χ0) is 15.4. The lowest BCUT2D eigenvalue weighted by molar-refractivity contribution is 0.101. The maximum Gasteiger partial charge on any atom is 0.181 e. The molecule has 1 N–H and O–H groups in total. The Labute approximate surface area is 129 Å². The van der Waals surface area contributed by atoms with Gasteiger partial charge in [0.2, 0.25) is 0 Å². The Morgan fingerprint density at radius 2 is 2.00 bits per heavy atom. The second-order valence-electron chi connectivity index (χ2n) is 4.68. The monoisotopic (exact) mass is 304 g/mol. The molecule has 110 valence electrons. The standard InChI is InChI=1S/C17H17ClO3/c1-3-11-4-7-17(21-2)13(8-11)12-5-6-15(19)14(9-12)16(20)10-18/h4-9,19H,3,10H2,1-2H3. The van der Waals surface area contributed by atoms with Crippen molar-refractivity contribution in [2.45, 2.75) is 13.3 Å². The molecule has 0 fully saturated rings. The van der Waals surface area contributed by atoms with Crippen molar-refractivity contribution in [2.75, 3.05) is 13.0 Å². The molecular weight excluding hydrogens is 288 g/mol.